The maximum atomic E-state index is 11.9. The lowest BCUT2D eigenvalue weighted by Gasteiger charge is -2.11. The summed E-state index contributed by atoms with van der Waals surface area (Å²) in [6.45, 7) is 0.108. The van der Waals surface area contributed by atoms with Gasteiger partial charge in [-0.2, -0.15) is 5.26 Å². The van der Waals surface area contributed by atoms with Crippen LogP contribution < -0.4 is 14.8 Å². The highest BCUT2D eigenvalue weighted by molar-refractivity contribution is 5.89. The fraction of sp³-hybridized carbons (Fsp3) is 0.211. The number of ether oxygens (including phenoxy) is 3. The maximum absolute atomic E-state index is 11.9. The molecule has 0 heterocycles. The summed E-state index contributed by atoms with van der Waals surface area (Å²) in [5.41, 5.74) is 1.72. The molecule has 2 rings (SSSR count). The summed E-state index contributed by atoms with van der Waals surface area (Å²) in [7, 11) is 2.78. The van der Waals surface area contributed by atoms with Gasteiger partial charge in [-0.25, -0.2) is 4.79 Å². The van der Waals surface area contributed by atoms with E-state index in [2.05, 4.69) is 10.1 Å². The Morgan fingerprint density at radius 1 is 1.08 bits per heavy atom. The predicted octanol–water partition coefficient (Wildman–Crippen LogP) is 2.05. The molecule has 2 aromatic carbocycles. The molecule has 0 aliphatic rings. The molecule has 0 bridgehead atoms. The van der Waals surface area contributed by atoms with Gasteiger partial charge < -0.3 is 19.5 Å². The normalized spacial score (nSPS) is 9.73. The van der Waals surface area contributed by atoms with Crippen molar-refractivity contribution in [3.05, 3.63) is 59.2 Å². The fourth-order valence-electron chi connectivity index (χ4n) is 2.13. The third-order valence-electron chi connectivity index (χ3n) is 3.52. The molecule has 0 unspecified atom stereocenters. The van der Waals surface area contributed by atoms with E-state index >= 15 is 0 Å². The third kappa shape index (κ3) is 4.98. The van der Waals surface area contributed by atoms with Crippen LogP contribution in [0.2, 0.25) is 0 Å². The second-order valence-corrected chi connectivity index (χ2v) is 5.23. The van der Waals surface area contributed by atoms with E-state index in [1.54, 1.807) is 36.4 Å². The van der Waals surface area contributed by atoms with Crippen molar-refractivity contribution < 1.29 is 23.8 Å². The van der Waals surface area contributed by atoms with Gasteiger partial charge in [-0.05, 0) is 29.8 Å². The van der Waals surface area contributed by atoms with Crippen LogP contribution in [-0.4, -0.2) is 32.7 Å². The zero-order valence-corrected chi connectivity index (χ0v) is 14.4. The maximum Gasteiger partial charge on any atom is 0.337 e. The lowest BCUT2D eigenvalue weighted by atomic mass is 10.1. The Bertz CT molecular complexity index is 825. The summed E-state index contributed by atoms with van der Waals surface area (Å²) in [6.07, 6.45) is 0. The molecule has 0 aliphatic heterocycles. The van der Waals surface area contributed by atoms with Gasteiger partial charge in [0.1, 0.15) is 0 Å². The molecule has 0 atom stereocenters. The molecule has 2 aromatic rings. The Morgan fingerprint density at radius 2 is 1.81 bits per heavy atom. The smallest absolute Gasteiger partial charge is 0.337 e. The molecule has 1 N–H and O–H groups in total. The summed E-state index contributed by atoms with van der Waals surface area (Å²) in [4.78, 5) is 23.3. The highest BCUT2D eigenvalue weighted by atomic mass is 16.5. The first-order chi connectivity index (χ1) is 12.6. The Kier molecular flexibility index (Phi) is 6.57. The zero-order chi connectivity index (χ0) is 18.9. The van der Waals surface area contributed by atoms with Gasteiger partial charge >= 0.3 is 5.97 Å². The molecule has 1 amide bonds. The molecule has 0 saturated heterocycles. The average molecular weight is 354 g/mol. The number of amides is 1. The van der Waals surface area contributed by atoms with Gasteiger partial charge in [-0.15, -0.1) is 0 Å². The summed E-state index contributed by atoms with van der Waals surface area (Å²) in [5, 5.41) is 11.6. The van der Waals surface area contributed by atoms with E-state index in [-0.39, 0.29) is 12.5 Å². The Hall–Kier alpha value is -3.53. The van der Waals surface area contributed by atoms with Gasteiger partial charge in [0.05, 0.1) is 31.4 Å². The molecule has 7 heteroatoms. The molecule has 0 aliphatic carbocycles. The average Bonchev–Trinajstić information content (AvgIpc) is 2.70. The first-order valence-corrected chi connectivity index (χ1v) is 7.72. The second kappa shape index (κ2) is 9.08. The highest BCUT2D eigenvalue weighted by Crippen LogP contribution is 2.27. The molecular weight excluding hydrogens is 336 g/mol. The van der Waals surface area contributed by atoms with Crippen LogP contribution >= 0.6 is 0 Å². The fourth-order valence-corrected chi connectivity index (χ4v) is 2.13. The van der Waals surface area contributed by atoms with Gasteiger partial charge in [0.15, 0.2) is 18.1 Å². The summed E-state index contributed by atoms with van der Waals surface area (Å²) in [6, 6.07) is 13.4. The Labute approximate surface area is 151 Å². The van der Waals surface area contributed by atoms with Crippen LogP contribution in [0.25, 0.3) is 0 Å². The molecule has 0 radical (unpaired) electrons. The van der Waals surface area contributed by atoms with Gasteiger partial charge in [0, 0.05) is 12.6 Å². The summed E-state index contributed by atoms with van der Waals surface area (Å²) in [5.74, 6) is 0.0399. The molecule has 134 valence electrons. The molecule has 26 heavy (non-hydrogen) atoms. The number of methoxy groups -OCH3 is 2. The van der Waals surface area contributed by atoms with Crippen molar-refractivity contribution in [2.75, 3.05) is 20.8 Å². The van der Waals surface area contributed by atoms with Crippen molar-refractivity contribution in [1.82, 2.24) is 5.32 Å². The first kappa shape index (κ1) is 18.8. The van der Waals surface area contributed by atoms with Crippen molar-refractivity contribution in [2.24, 2.45) is 0 Å². The molecule has 0 spiro atoms. The van der Waals surface area contributed by atoms with Crippen LogP contribution in [0.4, 0.5) is 0 Å². The van der Waals surface area contributed by atoms with Crippen LogP contribution in [0.5, 0.6) is 11.5 Å². The summed E-state index contributed by atoms with van der Waals surface area (Å²) >= 11 is 0. The van der Waals surface area contributed by atoms with Crippen LogP contribution in [0.3, 0.4) is 0 Å². The van der Waals surface area contributed by atoms with Gasteiger partial charge in [0.25, 0.3) is 5.91 Å². The highest BCUT2D eigenvalue weighted by Gasteiger charge is 2.09. The van der Waals surface area contributed by atoms with Gasteiger partial charge in [0.2, 0.25) is 0 Å². The number of hydrogen-bond acceptors (Lipinski definition) is 6. The van der Waals surface area contributed by atoms with E-state index in [9.17, 15) is 9.59 Å². The van der Waals surface area contributed by atoms with Gasteiger partial charge in [-0.1, -0.05) is 12.1 Å². The molecule has 0 fully saturated rings. The largest absolute Gasteiger partial charge is 0.493 e. The van der Waals surface area contributed by atoms with E-state index in [1.165, 1.54) is 20.3 Å². The van der Waals surface area contributed by atoms with E-state index in [0.29, 0.717) is 29.2 Å². The van der Waals surface area contributed by atoms with E-state index in [0.717, 1.165) is 5.56 Å². The SMILES string of the molecule is COC(=O)c1ccc(CNC(=O)COc2ccc(C#N)cc2OC)cc1. The minimum Gasteiger partial charge on any atom is -0.493 e. The van der Waals surface area contributed by atoms with E-state index in [1.807, 2.05) is 6.07 Å². The lowest BCUT2D eigenvalue weighted by Crippen LogP contribution is -2.28. The number of nitrogens with one attached hydrogen (secondary N) is 1. The van der Waals surface area contributed by atoms with Crippen molar-refractivity contribution in [3.63, 3.8) is 0 Å². The number of carbonyl (C=O) groups excluding carboxylic acids is 2. The number of nitriles is 1. The number of carbonyl (C=O) groups is 2. The van der Waals surface area contributed by atoms with Gasteiger partial charge in [-0.3, -0.25) is 4.79 Å². The second-order valence-electron chi connectivity index (χ2n) is 5.23. The number of rotatable bonds is 7. The Balaban J connectivity index is 1.86. The van der Waals surface area contributed by atoms with Crippen LogP contribution in [0.15, 0.2) is 42.5 Å². The topological polar surface area (TPSA) is 97.6 Å². The quantitative estimate of drug-likeness (QED) is 0.764. The molecule has 7 nitrogen and oxygen atoms in total. The minimum atomic E-state index is -0.412. The zero-order valence-electron chi connectivity index (χ0n) is 14.4. The number of benzene rings is 2. The van der Waals surface area contributed by atoms with Crippen molar-refractivity contribution in [2.45, 2.75) is 6.54 Å². The molecule has 0 aromatic heterocycles. The monoisotopic (exact) mass is 354 g/mol. The van der Waals surface area contributed by atoms with Crippen LogP contribution in [0, 0.1) is 11.3 Å². The van der Waals surface area contributed by atoms with Crippen molar-refractivity contribution in [3.8, 4) is 17.6 Å². The van der Waals surface area contributed by atoms with Crippen LogP contribution in [-0.2, 0) is 16.1 Å². The first-order valence-electron chi connectivity index (χ1n) is 7.72. The van der Waals surface area contributed by atoms with Crippen molar-refractivity contribution in [1.29, 1.82) is 5.26 Å². The molecular formula is C19H18N2O5. The standard InChI is InChI=1S/C19H18N2O5/c1-24-17-9-14(10-20)5-8-16(17)26-12-18(22)21-11-13-3-6-15(7-4-13)19(23)25-2/h3-9H,11-12H2,1-2H3,(H,21,22). The molecule has 0 saturated carbocycles. The predicted molar refractivity (Wildman–Crippen MR) is 92.8 cm³/mol. The number of hydrogen-bond donors (Lipinski definition) is 1. The number of nitrogens with zero attached hydrogens (tertiary/aromatic N) is 1. The van der Waals surface area contributed by atoms with Crippen LogP contribution in [0.1, 0.15) is 21.5 Å². The Morgan fingerprint density at radius 3 is 2.42 bits per heavy atom. The third-order valence-corrected chi connectivity index (χ3v) is 3.52. The minimum absolute atomic E-state index is 0.192. The van der Waals surface area contributed by atoms with Crippen molar-refractivity contribution >= 4 is 11.9 Å². The summed E-state index contributed by atoms with van der Waals surface area (Å²) < 4.78 is 15.2. The number of esters is 1. The van der Waals surface area contributed by atoms with E-state index in [4.69, 9.17) is 14.7 Å². The lowest BCUT2D eigenvalue weighted by molar-refractivity contribution is -0.123. The van der Waals surface area contributed by atoms with E-state index < -0.39 is 5.97 Å².